The molecule has 5 heteroatoms. The largest absolute Gasteiger partial charge is 0.463 e. The average Bonchev–Trinajstić information content (AvgIpc) is 2.78. The van der Waals surface area contributed by atoms with Gasteiger partial charge < -0.3 is 14.6 Å². The van der Waals surface area contributed by atoms with E-state index in [1.54, 1.807) is 6.07 Å². The molecule has 1 atom stereocenters. The van der Waals surface area contributed by atoms with Gasteiger partial charge in [0.05, 0.1) is 12.8 Å². The van der Waals surface area contributed by atoms with Gasteiger partial charge in [-0.3, -0.25) is 0 Å². The van der Waals surface area contributed by atoms with E-state index in [-0.39, 0.29) is 5.76 Å². The molecule has 1 unspecified atom stereocenters. The molecule has 1 aliphatic heterocycles. The second kappa shape index (κ2) is 4.44. The van der Waals surface area contributed by atoms with Crippen molar-refractivity contribution in [3.8, 4) is 0 Å². The van der Waals surface area contributed by atoms with Gasteiger partial charge in [-0.15, -0.1) is 0 Å². The first-order valence-corrected chi connectivity index (χ1v) is 5.07. The number of hydrogen-bond acceptors (Lipinski definition) is 5. The molecule has 1 aromatic heterocycles. The van der Waals surface area contributed by atoms with E-state index in [1.165, 1.54) is 7.11 Å². The van der Waals surface area contributed by atoms with Crippen molar-refractivity contribution in [1.82, 2.24) is 10.5 Å². The van der Waals surface area contributed by atoms with Crippen molar-refractivity contribution < 1.29 is 14.1 Å². The number of piperidine rings is 1. The second-order valence-electron chi connectivity index (χ2n) is 3.65. The Bertz CT molecular complexity index is 342. The van der Waals surface area contributed by atoms with Crippen molar-refractivity contribution in [1.29, 1.82) is 0 Å². The quantitative estimate of drug-likeness (QED) is 0.735. The molecular weight excluding hydrogens is 196 g/mol. The monoisotopic (exact) mass is 210 g/mol. The third kappa shape index (κ3) is 2.18. The Morgan fingerprint density at radius 1 is 1.73 bits per heavy atom. The van der Waals surface area contributed by atoms with E-state index in [9.17, 15) is 4.79 Å². The van der Waals surface area contributed by atoms with E-state index in [2.05, 4.69) is 15.2 Å². The van der Waals surface area contributed by atoms with Crippen LogP contribution in [0.5, 0.6) is 0 Å². The van der Waals surface area contributed by atoms with Gasteiger partial charge in [0.25, 0.3) is 0 Å². The van der Waals surface area contributed by atoms with Gasteiger partial charge in [0.15, 0.2) is 0 Å². The first-order chi connectivity index (χ1) is 7.31. The fourth-order valence-electron chi connectivity index (χ4n) is 1.78. The SMILES string of the molecule is COC(=O)c1cc(C2CCCNC2)no1. The molecule has 2 heterocycles. The van der Waals surface area contributed by atoms with E-state index in [0.29, 0.717) is 5.92 Å². The van der Waals surface area contributed by atoms with Gasteiger partial charge >= 0.3 is 5.97 Å². The summed E-state index contributed by atoms with van der Waals surface area (Å²) in [4.78, 5) is 11.1. The molecule has 0 aliphatic carbocycles. The van der Waals surface area contributed by atoms with Gasteiger partial charge in [0.1, 0.15) is 0 Å². The molecule has 0 aromatic carbocycles. The van der Waals surface area contributed by atoms with Gasteiger partial charge in [-0.05, 0) is 19.4 Å². The summed E-state index contributed by atoms with van der Waals surface area (Å²) in [5, 5.41) is 7.18. The lowest BCUT2D eigenvalue weighted by Gasteiger charge is -2.19. The van der Waals surface area contributed by atoms with Crippen LogP contribution in [-0.4, -0.2) is 31.3 Å². The Hall–Kier alpha value is -1.36. The van der Waals surface area contributed by atoms with Crippen molar-refractivity contribution in [2.45, 2.75) is 18.8 Å². The normalized spacial score (nSPS) is 21.3. The maximum atomic E-state index is 11.1. The number of carbonyl (C=O) groups excluding carboxylic acids is 1. The molecule has 2 rings (SSSR count). The van der Waals surface area contributed by atoms with Crippen molar-refractivity contribution in [2.75, 3.05) is 20.2 Å². The average molecular weight is 210 g/mol. The molecule has 82 valence electrons. The molecule has 0 radical (unpaired) electrons. The Kier molecular flexibility index (Phi) is 3.01. The van der Waals surface area contributed by atoms with Crippen molar-refractivity contribution in [3.05, 3.63) is 17.5 Å². The predicted molar refractivity (Wildman–Crippen MR) is 52.7 cm³/mol. The number of hydrogen-bond donors (Lipinski definition) is 1. The van der Waals surface area contributed by atoms with Gasteiger partial charge in [-0.2, -0.15) is 0 Å². The van der Waals surface area contributed by atoms with Crippen molar-refractivity contribution in [3.63, 3.8) is 0 Å². The molecule has 1 saturated heterocycles. The van der Waals surface area contributed by atoms with Crippen LogP contribution >= 0.6 is 0 Å². The molecule has 0 amide bonds. The van der Waals surface area contributed by atoms with Gasteiger partial charge in [-0.25, -0.2) is 4.79 Å². The molecule has 15 heavy (non-hydrogen) atoms. The Balaban J connectivity index is 2.08. The van der Waals surface area contributed by atoms with Crippen LogP contribution in [0.25, 0.3) is 0 Å². The first-order valence-electron chi connectivity index (χ1n) is 5.07. The van der Waals surface area contributed by atoms with Crippen LogP contribution < -0.4 is 5.32 Å². The van der Waals surface area contributed by atoms with Crippen LogP contribution in [0.3, 0.4) is 0 Å². The van der Waals surface area contributed by atoms with Crippen LogP contribution in [0.1, 0.15) is 35.0 Å². The molecular formula is C10H14N2O3. The van der Waals surface area contributed by atoms with Crippen LogP contribution in [0.2, 0.25) is 0 Å². The maximum Gasteiger partial charge on any atom is 0.376 e. The third-order valence-electron chi connectivity index (χ3n) is 2.63. The summed E-state index contributed by atoms with van der Waals surface area (Å²) in [5.41, 5.74) is 0.836. The van der Waals surface area contributed by atoms with Crippen molar-refractivity contribution in [2.24, 2.45) is 0 Å². The van der Waals surface area contributed by atoms with Gasteiger partial charge in [0, 0.05) is 18.5 Å². The van der Waals surface area contributed by atoms with E-state index >= 15 is 0 Å². The minimum absolute atomic E-state index is 0.179. The summed E-state index contributed by atoms with van der Waals surface area (Å²) < 4.78 is 9.47. The second-order valence-corrected chi connectivity index (χ2v) is 3.65. The number of ether oxygens (including phenoxy) is 1. The topological polar surface area (TPSA) is 64.4 Å². The zero-order valence-electron chi connectivity index (χ0n) is 8.66. The molecule has 0 saturated carbocycles. The highest BCUT2D eigenvalue weighted by Crippen LogP contribution is 2.22. The third-order valence-corrected chi connectivity index (χ3v) is 2.63. The number of methoxy groups -OCH3 is 1. The highest BCUT2D eigenvalue weighted by Gasteiger charge is 2.21. The minimum Gasteiger partial charge on any atom is -0.463 e. The van der Waals surface area contributed by atoms with Crippen molar-refractivity contribution >= 4 is 5.97 Å². The maximum absolute atomic E-state index is 11.1. The highest BCUT2D eigenvalue weighted by atomic mass is 16.5. The van der Waals surface area contributed by atoms with Crippen LogP contribution in [0, 0.1) is 0 Å². The molecule has 1 aliphatic rings. The van der Waals surface area contributed by atoms with Gasteiger partial charge in [0.2, 0.25) is 5.76 Å². The summed E-state index contributed by atoms with van der Waals surface area (Å²) in [5.74, 6) is 0.0523. The molecule has 0 spiro atoms. The van der Waals surface area contributed by atoms with E-state index in [1.807, 2.05) is 0 Å². The molecule has 5 nitrogen and oxygen atoms in total. The number of nitrogens with zero attached hydrogens (tertiary/aromatic N) is 1. The van der Waals surface area contributed by atoms with E-state index in [4.69, 9.17) is 4.52 Å². The molecule has 1 N–H and O–H groups in total. The number of rotatable bonds is 2. The fraction of sp³-hybridized carbons (Fsp3) is 0.600. The standard InChI is InChI=1S/C10H14N2O3/c1-14-10(13)9-5-8(12-15-9)7-3-2-4-11-6-7/h5,7,11H,2-4,6H2,1H3. The Labute approximate surface area is 87.8 Å². The van der Waals surface area contributed by atoms with Crippen LogP contribution in [0.15, 0.2) is 10.6 Å². The predicted octanol–water partition coefficient (Wildman–Crippen LogP) is 0.928. The number of nitrogens with one attached hydrogen (secondary N) is 1. The Morgan fingerprint density at radius 2 is 2.60 bits per heavy atom. The summed E-state index contributed by atoms with van der Waals surface area (Å²) in [7, 11) is 1.33. The summed E-state index contributed by atoms with van der Waals surface area (Å²) in [6.45, 7) is 1.95. The summed E-state index contributed by atoms with van der Waals surface area (Å²) in [6.07, 6.45) is 2.21. The number of aromatic nitrogens is 1. The van der Waals surface area contributed by atoms with E-state index < -0.39 is 5.97 Å². The number of esters is 1. The molecule has 1 aromatic rings. The summed E-state index contributed by atoms with van der Waals surface area (Å²) >= 11 is 0. The lowest BCUT2D eigenvalue weighted by atomic mass is 9.96. The zero-order chi connectivity index (χ0) is 10.7. The summed E-state index contributed by atoms with van der Waals surface area (Å²) in [6, 6.07) is 1.67. The fourth-order valence-corrected chi connectivity index (χ4v) is 1.78. The molecule has 1 fully saturated rings. The lowest BCUT2D eigenvalue weighted by Crippen LogP contribution is -2.28. The zero-order valence-corrected chi connectivity index (χ0v) is 8.66. The lowest BCUT2D eigenvalue weighted by molar-refractivity contribution is 0.0554. The highest BCUT2D eigenvalue weighted by molar-refractivity contribution is 5.86. The Morgan fingerprint density at radius 3 is 3.27 bits per heavy atom. The van der Waals surface area contributed by atoms with Gasteiger partial charge in [-0.1, -0.05) is 5.16 Å². The first kappa shape index (κ1) is 10.2. The molecule has 0 bridgehead atoms. The van der Waals surface area contributed by atoms with Crippen LogP contribution in [-0.2, 0) is 4.74 Å². The number of carbonyl (C=O) groups is 1. The smallest absolute Gasteiger partial charge is 0.376 e. The van der Waals surface area contributed by atoms with E-state index in [0.717, 1.165) is 31.6 Å². The van der Waals surface area contributed by atoms with Crippen LogP contribution in [0.4, 0.5) is 0 Å². The minimum atomic E-state index is -0.475.